The summed E-state index contributed by atoms with van der Waals surface area (Å²) >= 11 is 0. The first-order valence-electron chi connectivity index (χ1n) is 6.90. The van der Waals surface area contributed by atoms with Gasteiger partial charge in [-0.15, -0.1) is 0 Å². The molecule has 1 fully saturated rings. The highest BCUT2D eigenvalue weighted by molar-refractivity contribution is 7.92. The van der Waals surface area contributed by atoms with Crippen molar-refractivity contribution in [1.29, 1.82) is 0 Å². The van der Waals surface area contributed by atoms with E-state index in [9.17, 15) is 13.2 Å². The number of rotatable bonds is 6. The second-order valence-electron chi connectivity index (χ2n) is 6.14. The maximum atomic E-state index is 11.2. The van der Waals surface area contributed by atoms with Gasteiger partial charge in [0.2, 0.25) is 0 Å². The van der Waals surface area contributed by atoms with E-state index < -0.39 is 21.2 Å². The zero-order valence-electron chi connectivity index (χ0n) is 12.8. The lowest BCUT2D eigenvalue weighted by Gasteiger charge is -2.29. The summed E-state index contributed by atoms with van der Waals surface area (Å²) in [5, 5.41) is 9.01. The number of carboxylic acids is 1. The van der Waals surface area contributed by atoms with Gasteiger partial charge < -0.3 is 14.6 Å². The van der Waals surface area contributed by atoms with Gasteiger partial charge in [0, 0.05) is 5.41 Å². The van der Waals surface area contributed by atoms with Crippen molar-refractivity contribution in [2.45, 2.75) is 31.8 Å². The molecule has 22 heavy (non-hydrogen) atoms. The maximum absolute atomic E-state index is 11.2. The molecule has 0 unspecified atom stereocenters. The Balaban J connectivity index is 2.24. The first-order chi connectivity index (χ1) is 10.1. The van der Waals surface area contributed by atoms with Gasteiger partial charge in [0.05, 0.1) is 25.0 Å². The summed E-state index contributed by atoms with van der Waals surface area (Å²) in [5.41, 5.74) is 0.231. The smallest absolute Gasteiger partial charge is 0.304 e. The Labute approximate surface area is 130 Å². The number of hydrogen-bond acceptors (Lipinski definition) is 5. The topological polar surface area (TPSA) is 89.9 Å². The van der Waals surface area contributed by atoms with Gasteiger partial charge in [-0.3, -0.25) is 4.79 Å². The standard InChI is InChI=1S/C15H20O6S/c1-15(2,7-14(16)17)10-4-5-12(20-3)13(6-10)21-11-8-22(18,19)9-11/h4-6,11H,7-9H2,1-3H3,(H,16,17). The number of carboxylic acid groups (broad SMARTS) is 1. The van der Waals surface area contributed by atoms with Gasteiger partial charge in [-0.1, -0.05) is 19.9 Å². The summed E-state index contributed by atoms with van der Waals surface area (Å²) in [5.74, 6) is 0.0588. The van der Waals surface area contributed by atoms with E-state index in [-0.39, 0.29) is 24.0 Å². The third kappa shape index (κ3) is 3.71. The summed E-state index contributed by atoms with van der Waals surface area (Å²) in [6.07, 6.45) is -0.395. The van der Waals surface area contributed by atoms with Crippen molar-refractivity contribution >= 4 is 15.8 Å². The van der Waals surface area contributed by atoms with Crippen molar-refractivity contribution in [3.63, 3.8) is 0 Å². The zero-order valence-corrected chi connectivity index (χ0v) is 13.6. The molecular weight excluding hydrogens is 308 g/mol. The SMILES string of the molecule is COc1ccc(C(C)(C)CC(=O)O)cc1OC1CS(=O)(=O)C1. The lowest BCUT2D eigenvalue weighted by Crippen LogP contribution is -2.45. The first kappa shape index (κ1) is 16.6. The van der Waals surface area contributed by atoms with Crippen LogP contribution in [0, 0.1) is 0 Å². The number of aliphatic carboxylic acids is 1. The summed E-state index contributed by atoms with van der Waals surface area (Å²) in [7, 11) is -1.47. The van der Waals surface area contributed by atoms with Crippen LogP contribution >= 0.6 is 0 Å². The van der Waals surface area contributed by atoms with Crippen molar-refractivity contribution in [3.8, 4) is 11.5 Å². The molecule has 1 saturated heterocycles. The van der Waals surface area contributed by atoms with Crippen LogP contribution in [-0.2, 0) is 20.0 Å². The third-order valence-corrected chi connectivity index (χ3v) is 5.47. The molecule has 0 bridgehead atoms. The number of ether oxygens (including phenoxy) is 2. The van der Waals surface area contributed by atoms with Gasteiger partial charge >= 0.3 is 5.97 Å². The molecule has 1 N–H and O–H groups in total. The normalized spacial score (nSPS) is 17.6. The van der Waals surface area contributed by atoms with Crippen molar-refractivity contribution in [1.82, 2.24) is 0 Å². The Hall–Kier alpha value is -1.76. The summed E-state index contributed by atoms with van der Waals surface area (Å²) in [6, 6.07) is 5.24. The van der Waals surface area contributed by atoms with Crippen molar-refractivity contribution in [3.05, 3.63) is 23.8 Å². The minimum absolute atomic E-state index is 0.00109. The molecule has 0 saturated carbocycles. The lowest BCUT2D eigenvalue weighted by molar-refractivity contribution is -0.138. The van der Waals surface area contributed by atoms with Crippen LogP contribution < -0.4 is 9.47 Å². The van der Waals surface area contributed by atoms with E-state index in [1.165, 1.54) is 7.11 Å². The highest BCUT2D eigenvalue weighted by Crippen LogP contribution is 2.36. The van der Waals surface area contributed by atoms with Crippen LogP contribution in [0.4, 0.5) is 0 Å². The monoisotopic (exact) mass is 328 g/mol. The van der Waals surface area contributed by atoms with Gasteiger partial charge in [-0.2, -0.15) is 0 Å². The van der Waals surface area contributed by atoms with Crippen LogP contribution in [0.5, 0.6) is 11.5 Å². The average molecular weight is 328 g/mol. The van der Waals surface area contributed by atoms with Gasteiger partial charge in [-0.05, 0) is 17.7 Å². The molecular formula is C15H20O6S. The van der Waals surface area contributed by atoms with E-state index in [4.69, 9.17) is 14.6 Å². The Kier molecular flexibility index (Phi) is 4.37. The molecule has 0 aromatic heterocycles. The largest absolute Gasteiger partial charge is 0.493 e. The fourth-order valence-electron chi connectivity index (χ4n) is 2.44. The van der Waals surface area contributed by atoms with Gasteiger partial charge in [0.15, 0.2) is 21.3 Å². The fourth-order valence-corrected chi connectivity index (χ4v) is 3.61. The number of methoxy groups -OCH3 is 1. The molecule has 1 heterocycles. The van der Waals surface area contributed by atoms with Crippen LogP contribution in [-0.4, -0.2) is 44.2 Å². The van der Waals surface area contributed by atoms with E-state index in [1.54, 1.807) is 18.2 Å². The van der Waals surface area contributed by atoms with E-state index >= 15 is 0 Å². The van der Waals surface area contributed by atoms with E-state index in [0.717, 1.165) is 5.56 Å². The van der Waals surface area contributed by atoms with Crippen molar-refractivity contribution in [2.24, 2.45) is 0 Å². The van der Waals surface area contributed by atoms with Gasteiger partial charge in [0.1, 0.15) is 6.10 Å². The Morgan fingerprint density at radius 1 is 1.32 bits per heavy atom. The summed E-state index contributed by atoms with van der Waals surface area (Å²) in [4.78, 5) is 11.0. The first-order valence-corrected chi connectivity index (χ1v) is 8.72. The second kappa shape index (κ2) is 5.79. The molecule has 1 aromatic rings. The van der Waals surface area contributed by atoms with Gasteiger partial charge in [0.25, 0.3) is 0 Å². The Morgan fingerprint density at radius 2 is 1.95 bits per heavy atom. The molecule has 122 valence electrons. The van der Waals surface area contributed by atoms with Crippen molar-refractivity contribution in [2.75, 3.05) is 18.6 Å². The van der Waals surface area contributed by atoms with Crippen LogP contribution in [0.15, 0.2) is 18.2 Å². The summed E-state index contributed by atoms with van der Waals surface area (Å²) in [6.45, 7) is 3.67. The molecule has 0 spiro atoms. The van der Waals surface area contributed by atoms with Crippen molar-refractivity contribution < 1.29 is 27.8 Å². The predicted octanol–water partition coefficient (Wildman–Crippen LogP) is 1.62. The fraction of sp³-hybridized carbons (Fsp3) is 0.533. The molecule has 6 nitrogen and oxygen atoms in total. The Morgan fingerprint density at radius 3 is 2.45 bits per heavy atom. The quantitative estimate of drug-likeness (QED) is 0.853. The molecule has 0 radical (unpaired) electrons. The second-order valence-corrected chi connectivity index (χ2v) is 8.29. The minimum atomic E-state index is -2.97. The highest BCUT2D eigenvalue weighted by Gasteiger charge is 2.36. The predicted molar refractivity (Wildman–Crippen MR) is 81.3 cm³/mol. The van der Waals surface area contributed by atoms with E-state index in [2.05, 4.69) is 0 Å². The molecule has 2 rings (SSSR count). The Bertz CT molecular complexity index is 665. The molecule has 0 atom stereocenters. The van der Waals surface area contributed by atoms with E-state index in [0.29, 0.717) is 11.5 Å². The van der Waals surface area contributed by atoms with Gasteiger partial charge in [-0.25, -0.2) is 8.42 Å². The van der Waals surface area contributed by atoms with E-state index in [1.807, 2.05) is 13.8 Å². The maximum Gasteiger partial charge on any atom is 0.304 e. The van der Waals surface area contributed by atoms with Crippen LogP contribution in [0.1, 0.15) is 25.8 Å². The van der Waals surface area contributed by atoms with Crippen LogP contribution in [0.2, 0.25) is 0 Å². The molecule has 1 aliphatic heterocycles. The molecule has 1 aromatic carbocycles. The lowest BCUT2D eigenvalue weighted by atomic mass is 9.81. The van der Waals surface area contributed by atoms with Crippen LogP contribution in [0.3, 0.4) is 0 Å². The molecule has 0 aliphatic carbocycles. The zero-order chi connectivity index (χ0) is 16.5. The number of benzene rings is 1. The van der Waals surface area contributed by atoms with Crippen LogP contribution in [0.25, 0.3) is 0 Å². The average Bonchev–Trinajstić information content (AvgIpc) is 2.35. The highest BCUT2D eigenvalue weighted by atomic mass is 32.2. The number of hydrogen-bond donors (Lipinski definition) is 1. The minimum Gasteiger partial charge on any atom is -0.493 e. The number of sulfone groups is 1. The molecule has 1 aliphatic rings. The molecule has 7 heteroatoms. The summed E-state index contributed by atoms with van der Waals surface area (Å²) < 4.78 is 33.3. The third-order valence-electron chi connectivity index (χ3n) is 3.71. The molecule has 0 amide bonds. The number of carbonyl (C=O) groups is 1.